The zero-order valence-corrected chi connectivity index (χ0v) is 21.4. The lowest BCUT2D eigenvalue weighted by molar-refractivity contribution is -0.125. The van der Waals surface area contributed by atoms with Crippen molar-refractivity contribution in [2.45, 2.75) is 54.3 Å². The monoisotopic (exact) mass is 552 g/mol. The first kappa shape index (κ1) is 26.1. The van der Waals surface area contributed by atoms with Crippen LogP contribution in [-0.4, -0.2) is 42.7 Å². The second kappa shape index (κ2) is 9.63. The number of aliphatic hydroxyl groups is 1. The maximum Gasteiger partial charge on any atom is 0.255 e. The molecule has 3 aliphatic rings. The summed E-state index contributed by atoms with van der Waals surface area (Å²) in [6.07, 6.45) is 3.48. The Morgan fingerprint density at radius 1 is 1.00 bits per heavy atom. The van der Waals surface area contributed by atoms with E-state index in [1.807, 2.05) is 0 Å². The molecule has 198 valence electrons. The van der Waals surface area contributed by atoms with Gasteiger partial charge in [0.05, 0.1) is 20.8 Å². The van der Waals surface area contributed by atoms with Crippen molar-refractivity contribution in [3.8, 4) is 0 Å². The molecule has 7 nitrogen and oxygen atoms in total. The van der Waals surface area contributed by atoms with Crippen molar-refractivity contribution >= 4 is 38.9 Å². The van der Waals surface area contributed by atoms with Gasteiger partial charge in [-0.25, -0.2) is 17.2 Å². The number of sulfone groups is 1. The van der Waals surface area contributed by atoms with E-state index < -0.39 is 38.2 Å². The molecule has 0 aromatic heterocycles. The van der Waals surface area contributed by atoms with Crippen molar-refractivity contribution in [1.29, 1.82) is 0 Å². The Balaban J connectivity index is 1.33. The fourth-order valence-electron chi connectivity index (χ4n) is 5.69. The fourth-order valence-corrected chi connectivity index (χ4v) is 8.09. The predicted octanol–water partition coefficient (Wildman–Crippen LogP) is 4.09. The SMILES string of the molecule is O=C(Nc1ccc(F)c(F)c1)c1ccc(Cl)c(S(=O)(=O)[C@@H]2CC3CC[C@@H](C2)[C@@]3(O)CNC(=O)C2CC2)c1. The molecule has 2 bridgehead atoms. The molecule has 1 unspecified atom stereocenters. The summed E-state index contributed by atoms with van der Waals surface area (Å²) in [6.45, 7) is 0.116. The number of amides is 2. The largest absolute Gasteiger partial charge is 0.387 e. The van der Waals surface area contributed by atoms with Gasteiger partial charge in [-0.1, -0.05) is 11.6 Å². The van der Waals surface area contributed by atoms with Gasteiger partial charge in [-0.15, -0.1) is 0 Å². The first-order valence-electron chi connectivity index (χ1n) is 12.3. The first-order valence-corrected chi connectivity index (χ1v) is 14.2. The molecule has 2 amide bonds. The second-order valence-electron chi connectivity index (χ2n) is 10.3. The van der Waals surface area contributed by atoms with Crippen LogP contribution in [0.1, 0.15) is 48.9 Å². The molecule has 3 saturated carbocycles. The summed E-state index contributed by atoms with van der Waals surface area (Å²) in [5.74, 6) is -3.51. The van der Waals surface area contributed by atoms with Crippen LogP contribution in [0.25, 0.3) is 0 Å². The first-order chi connectivity index (χ1) is 17.5. The average Bonchev–Trinajstić information content (AvgIpc) is 3.68. The molecular weight excluding hydrogens is 526 g/mol. The number of benzene rings is 2. The van der Waals surface area contributed by atoms with E-state index in [4.69, 9.17) is 11.6 Å². The Kier molecular flexibility index (Phi) is 6.79. The lowest BCUT2D eigenvalue weighted by Gasteiger charge is -2.42. The highest BCUT2D eigenvalue weighted by atomic mass is 35.5. The number of halogens is 3. The molecule has 11 heteroatoms. The van der Waals surface area contributed by atoms with Gasteiger partial charge in [0.2, 0.25) is 5.91 Å². The van der Waals surface area contributed by atoms with Crippen LogP contribution in [0.2, 0.25) is 5.02 Å². The van der Waals surface area contributed by atoms with Gasteiger partial charge in [-0.3, -0.25) is 9.59 Å². The van der Waals surface area contributed by atoms with Gasteiger partial charge >= 0.3 is 0 Å². The van der Waals surface area contributed by atoms with E-state index in [1.165, 1.54) is 24.3 Å². The molecular formula is C26H27ClF2N2O5S. The van der Waals surface area contributed by atoms with E-state index in [0.717, 1.165) is 25.0 Å². The summed E-state index contributed by atoms with van der Waals surface area (Å²) in [7, 11) is -3.96. The van der Waals surface area contributed by atoms with E-state index in [9.17, 15) is 31.9 Å². The molecule has 0 heterocycles. The minimum absolute atomic E-state index is 0.00853. The van der Waals surface area contributed by atoms with Crippen LogP contribution in [0.3, 0.4) is 0 Å². The number of hydrogen-bond donors (Lipinski definition) is 3. The van der Waals surface area contributed by atoms with Crippen molar-refractivity contribution in [3.05, 3.63) is 58.6 Å². The maximum absolute atomic E-state index is 13.7. The topological polar surface area (TPSA) is 113 Å². The van der Waals surface area contributed by atoms with E-state index >= 15 is 0 Å². The summed E-state index contributed by atoms with van der Waals surface area (Å²) in [6, 6.07) is 6.74. The van der Waals surface area contributed by atoms with Gasteiger partial charge in [0.1, 0.15) is 0 Å². The average molecular weight is 553 g/mol. The zero-order valence-electron chi connectivity index (χ0n) is 19.8. The number of rotatable bonds is 7. The Bertz CT molecular complexity index is 1350. The quantitative estimate of drug-likeness (QED) is 0.479. The zero-order chi connectivity index (χ0) is 26.5. The Morgan fingerprint density at radius 2 is 1.68 bits per heavy atom. The molecule has 0 radical (unpaired) electrons. The Morgan fingerprint density at radius 3 is 2.30 bits per heavy atom. The standard InChI is InChI=1S/C26H27ClF2N2O5S/c27-20-7-3-15(25(33)31-18-6-8-21(28)22(29)12-18)9-23(20)37(35,36)19-10-16-4-5-17(11-19)26(16,34)13-30-24(32)14-1-2-14/h3,6-9,12,14,16-17,19,34H,1-2,4-5,10-11,13H2,(H,30,32)(H,31,33)/t16-,17?,19-,26-/m0/s1. The number of hydrogen-bond acceptors (Lipinski definition) is 5. The number of anilines is 1. The third-order valence-corrected chi connectivity index (χ3v) is 10.6. The van der Waals surface area contributed by atoms with Gasteiger partial charge < -0.3 is 15.7 Å². The van der Waals surface area contributed by atoms with Crippen LogP contribution in [0.5, 0.6) is 0 Å². The number of carbonyl (C=O) groups excluding carboxylic acids is 2. The van der Waals surface area contributed by atoms with Crippen molar-refractivity contribution in [2.24, 2.45) is 17.8 Å². The second-order valence-corrected chi connectivity index (χ2v) is 12.9. The third kappa shape index (κ3) is 4.98. The number of fused-ring (bicyclic) bond motifs is 2. The summed E-state index contributed by atoms with van der Waals surface area (Å²) in [5, 5.41) is 15.8. The van der Waals surface area contributed by atoms with E-state index in [2.05, 4.69) is 10.6 Å². The highest BCUT2D eigenvalue weighted by molar-refractivity contribution is 7.92. The van der Waals surface area contributed by atoms with Crippen LogP contribution in [0, 0.1) is 29.4 Å². The molecule has 37 heavy (non-hydrogen) atoms. The molecule has 3 aliphatic carbocycles. The van der Waals surface area contributed by atoms with Crippen LogP contribution in [0.15, 0.2) is 41.3 Å². The van der Waals surface area contributed by atoms with Crippen LogP contribution < -0.4 is 10.6 Å². The van der Waals surface area contributed by atoms with Crippen molar-refractivity contribution < 1.29 is 31.9 Å². The molecule has 0 saturated heterocycles. The Labute approximate surface area is 218 Å². The maximum atomic E-state index is 13.7. The molecule has 0 aliphatic heterocycles. The molecule has 4 atom stereocenters. The van der Waals surface area contributed by atoms with Crippen molar-refractivity contribution in [1.82, 2.24) is 5.32 Å². The van der Waals surface area contributed by atoms with Gasteiger partial charge in [0.15, 0.2) is 21.5 Å². The highest BCUT2D eigenvalue weighted by Gasteiger charge is 2.56. The summed E-state index contributed by atoms with van der Waals surface area (Å²) in [4.78, 5) is 24.6. The van der Waals surface area contributed by atoms with Crippen molar-refractivity contribution in [2.75, 3.05) is 11.9 Å². The highest BCUT2D eigenvalue weighted by Crippen LogP contribution is 2.52. The smallest absolute Gasteiger partial charge is 0.255 e. The summed E-state index contributed by atoms with van der Waals surface area (Å²) < 4.78 is 54.0. The number of nitrogens with one attached hydrogen (secondary N) is 2. The van der Waals surface area contributed by atoms with E-state index in [-0.39, 0.29) is 64.2 Å². The van der Waals surface area contributed by atoms with Crippen LogP contribution in [0.4, 0.5) is 14.5 Å². The van der Waals surface area contributed by atoms with Gasteiger partial charge in [0.25, 0.3) is 5.91 Å². The molecule has 3 fully saturated rings. The fraction of sp³-hybridized carbons (Fsp3) is 0.462. The van der Waals surface area contributed by atoms with Crippen molar-refractivity contribution in [3.63, 3.8) is 0 Å². The van der Waals surface area contributed by atoms with Crippen LogP contribution >= 0.6 is 11.6 Å². The van der Waals surface area contributed by atoms with Crippen LogP contribution in [-0.2, 0) is 14.6 Å². The van der Waals surface area contributed by atoms with E-state index in [0.29, 0.717) is 12.8 Å². The number of carbonyl (C=O) groups is 2. The van der Waals surface area contributed by atoms with Gasteiger partial charge in [-0.05, 0) is 80.7 Å². The molecule has 5 rings (SSSR count). The molecule has 2 aromatic carbocycles. The van der Waals surface area contributed by atoms with Gasteiger partial charge in [-0.2, -0.15) is 0 Å². The molecule has 2 aromatic rings. The minimum atomic E-state index is -3.96. The minimum Gasteiger partial charge on any atom is -0.387 e. The third-order valence-electron chi connectivity index (χ3n) is 7.98. The normalized spacial score (nSPS) is 27.1. The lowest BCUT2D eigenvalue weighted by atomic mass is 9.74. The summed E-state index contributed by atoms with van der Waals surface area (Å²) >= 11 is 6.27. The predicted molar refractivity (Wildman–Crippen MR) is 133 cm³/mol. The lowest BCUT2D eigenvalue weighted by Crippen LogP contribution is -2.54. The Hall–Kier alpha value is -2.56. The summed E-state index contributed by atoms with van der Waals surface area (Å²) in [5.41, 5.74) is -1.14. The van der Waals surface area contributed by atoms with E-state index in [1.54, 1.807) is 0 Å². The molecule has 0 spiro atoms. The van der Waals surface area contributed by atoms with Gasteiger partial charge in [0, 0.05) is 29.8 Å². The molecule has 3 N–H and O–H groups in total.